The second-order valence-electron chi connectivity index (χ2n) is 6.82. The third-order valence-corrected chi connectivity index (χ3v) is 5.33. The van der Waals surface area contributed by atoms with E-state index in [1.54, 1.807) is 0 Å². The van der Waals surface area contributed by atoms with Crippen molar-refractivity contribution in [1.29, 1.82) is 0 Å². The summed E-state index contributed by atoms with van der Waals surface area (Å²) in [5.74, 6) is 0. The van der Waals surface area contributed by atoms with Crippen LogP contribution in [0.5, 0.6) is 0 Å². The molecule has 0 aromatic heterocycles. The third-order valence-electron chi connectivity index (χ3n) is 5.33. The fraction of sp³-hybridized carbons (Fsp3) is 1.00. The molecule has 1 aliphatic heterocycles. The second kappa shape index (κ2) is 6.55. The molecule has 0 aromatic rings. The van der Waals surface area contributed by atoms with Gasteiger partial charge in [0.15, 0.2) is 0 Å². The van der Waals surface area contributed by atoms with Gasteiger partial charge in [-0.05, 0) is 25.7 Å². The molecule has 3 heteroatoms. The van der Waals surface area contributed by atoms with Crippen molar-refractivity contribution >= 4 is 0 Å². The van der Waals surface area contributed by atoms with Crippen molar-refractivity contribution in [3.05, 3.63) is 0 Å². The van der Waals surface area contributed by atoms with Gasteiger partial charge in [-0.1, -0.05) is 32.1 Å². The zero-order chi connectivity index (χ0) is 13.0. The Bertz CT molecular complexity index is 270. The van der Waals surface area contributed by atoms with Gasteiger partial charge in [-0.15, -0.1) is 0 Å². The molecule has 2 saturated carbocycles. The molecule has 0 amide bonds. The Hall–Kier alpha value is -0.120. The van der Waals surface area contributed by atoms with Crippen LogP contribution in [0.3, 0.4) is 0 Å². The summed E-state index contributed by atoms with van der Waals surface area (Å²) >= 11 is 0. The molecule has 19 heavy (non-hydrogen) atoms. The monoisotopic (exact) mass is 266 g/mol. The molecule has 3 aliphatic rings. The molecular formula is C16H30N2O. The molecule has 0 bridgehead atoms. The highest BCUT2D eigenvalue weighted by molar-refractivity contribution is 4.98. The molecule has 1 spiro atoms. The van der Waals surface area contributed by atoms with E-state index in [0.717, 1.165) is 13.2 Å². The summed E-state index contributed by atoms with van der Waals surface area (Å²) in [5, 5.41) is 3.78. The van der Waals surface area contributed by atoms with Crippen LogP contribution in [0.25, 0.3) is 0 Å². The van der Waals surface area contributed by atoms with Gasteiger partial charge in [0.25, 0.3) is 0 Å². The van der Waals surface area contributed by atoms with Crippen molar-refractivity contribution in [2.45, 2.75) is 69.4 Å². The van der Waals surface area contributed by atoms with Crippen LogP contribution in [0.4, 0.5) is 0 Å². The predicted octanol–water partition coefficient (Wildman–Crippen LogP) is 2.55. The van der Waals surface area contributed by atoms with E-state index >= 15 is 0 Å². The van der Waals surface area contributed by atoms with E-state index in [9.17, 15) is 0 Å². The van der Waals surface area contributed by atoms with Crippen LogP contribution in [0, 0.1) is 0 Å². The van der Waals surface area contributed by atoms with E-state index in [1.165, 1.54) is 77.4 Å². The minimum absolute atomic E-state index is 0.461. The molecule has 2 aliphatic carbocycles. The normalized spacial score (nSPS) is 29.1. The first-order chi connectivity index (χ1) is 9.36. The van der Waals surface area contributed by atoms with Gasteiger partial charge in [0.2, 0.25) is 0 Å². The quantitative estimate of drug-likeness (QED) is 0.846. The summed E-state index contributed by atoms with van der Waals surface area (Å²) in [7, 11) is 0. The number of piperazine rings is 1. The van der Waals surface area contributed by atoms with Crippen LogP contribution in [-0.2, 0) is 4.74 Å². The summed E-state index contributed by atoms with van der Waals surface area (Å²) in [4.78, 5) is 2.63. The van der Waals surface area contributed by atoms with E-state index < -0.39 is 0 Å². The minimum atomic E-state index is 0.461. The van der Waals surface area contributed by atoms with E-state index in [4.69, 9.17) is 4.74 Å². The highest BCUT2D eigenvalue weighted by atomic mass is 16.5. The summed E-state index contributed by atoms with van der Waals surface area (Å²) in [6.45, 7) is 5.71. The van der Waals surface area contributed by atoms with Crippen molar-refractivity contribution in [3.8, 4) is 0 Å². The lowest BCUT2D eigenvalue weighted by Gasteiger charge is -2.41. The van der Waals surface area contributed by atoms with Crippen molar-refractivity contribution in [3.63, 3.8) is 0 Å². The highest BCUT2D eigenvalue weighted by Crippen LogP contribution is 2.31. The Morgan fingerprint density at radius 3 is 2.63 bits per heavy atom. The van der Waals surface area contributed by atoms with Gasteiger partial charge in [-0.3, -0.25) is 4.90 Å². The smallest absolute Gasteiger partial charge is 0.0597 e. The molecule has 110 valence electrons. The molecular weight excluding hydrogens is 236 g/mol. The Balaban J connectivity index is 1.37. The lowest BCUT2D eigenvalue weighted by atomic mass is 9.94. The van der Waals surface area contributed by atoms with E-state index in [-0.39, 0.29) is 0 Å². The maximum absolute atomic E-state index is 6.07. The molecule has 0 radical (unpaired) electrons. The molecule has 0 atom stereocenters. The van der Waals surface area contributed by atoms with Crippen molar-refractivity contribution < 1.29 is 4.74 Å². The Labute approximate surface area is 118 Å². The van der Waals surface area contributed by atoms with E-state index in [1.807, 2.05) is 0 Å². The van der Waals surface area contributed by atoms with Gasteiger partial charge in [0.05, 0.1) is 12.7 Å². The predicted molar refractivity (Wildman–Crippen MR) is 78.5 cm³/mol. The first-order valence-electron chi connectivity index (χ1n) is 8.45. The maximum Gasteiger partial charge on any atom is 0.0597 e. The van der Waals surface area contributed by atoms with Crippen LogP contribution in [0.1, 0.15) is 57.8 Å². The summed E-state index contributed by atoms with van der Waals surface area (Å²) in [6, 6.07) is 0. The van der Waals surface area contributed by atoms with Crippen molar-refractivity contribution in [2.75, 3.05) is 32.8 Å². The van der Waals surface area contributed by atoms with Crippen LogP contribution in [0.15, 0.2) is 0 Å². The Morgan fingerprint density at radius 2 is 1.84 bits per heavy atom. The van der Waals surface area contributed by atoms with Crippen molar-refractivity contribution in [1.82, 2.24) is 10.2 Å². The SMILES string of the molecule is C1CCC(OCCN2CCNC3(CCCC3)C2)CC1. The van der Waals surface area contributed by atoms with Gasteiger partial charge in [-0.25, -0.2) is 0 Å². The largest absolute Gasteiger partial charge is 0.377 e. The summed E-state index contributed by atoms with van der Waals surface area (Å²) in [6.07, 6.45) is 12.9. The van der Waals surface area contributed by atoms with E-state index in [2.05, 4.69) is 10.2 Å². The standard InChI is InChI=1S/C16H30N2O/c1-2-6-15(7-3-1)19-13-12-18-11-10-17-16(14-18)8-4-5-9-16/h15,17H,1-14H2. The van der Waals surface area contributed by atoms with E-state index in [0.29, 0.717) is 11.6 Å². The van der Waals surface area contributed by atoms with Crippen LogP contribution in [0.2, 0.25) is 0 Å². The maximum atomic E-state index is 6.07. The van der Waals surface area contributed by atoms with Crippen LogP contribution in [-0.4, -0.2) is 49.3 Å². The molecule has 0 unspecified atom stereocenters. The van der Waals surface area contributed by atoms with Crippen LogP contribution >= 0.6 is 0 Å². The average Bonchev–Trinajstić information content (AvgIpc) is 2.88. The fourth-order valence-corrected chi connectivity index (χ4v) is 4.20. The minimum Gasteiger partial charge on any atom is -0.377 e. The van der Waals surface area contributed by atoms with Gasteiger partial charge < -0.3 is 10.1 Å². The number of ether oxygens (including phenoxy) is 1. The number of hydrogen-bond donors (Lipinski definition) is 1. The zero-order valence-electron chi connectivity index (χ0n) is 12.3. The molecule has 1 saturated heterocycles. The topological polar surface area (TPSA) is 24.5 Å². The molecule has 0 aromatic carbocycles. The second-order valence-corrected chi connectivity index (χ2v) is 6.82. The van der Waals surface area contributed by atoms with Gasteiger partial charge in [0, 0.05) is 31.7 Å². The Kier molecular flexibility index (Phi) is 4.78. The molecule has 3 nitrogen and oxygen atoms in total. The number of nitrogens with one attached hydrogen (secondary N) is 1. The molecule has 3 rings (SSSR count). The van der Waals surface area contributed by atoms with Gasteiger partial charge in [-0.2, -0.15) is 0 Å². The van der Waals surface area contributed by atoms with Gasteiger partial charge in [0.1, 0.15) is 0 Å². The van der Waals surface area contributed by atoms with Crippen molar-refractivity contribution in [2.24, 2.45) is 0 Å². The first-order valence-corrected chi connectivity index (χ1v) is 8.45. The number of rotatable bonds is 4. The molecule has 3 fully saturated rings. The highest BCUT2D eigenvalue weighted by Gasteiger charge is 2.37. The first kappa shape index (κ1) is 13.8. The Morgan fingerprint density at radius 1 is 1.05 bits per heavy atom. The van der Waals surface area contributed by atoms with Crippen LogP contribution < -0.4 is 5.32 Å². The fourth-order valence-electron chi connectivity index (χ4n) is 4.20. The summed E-state index contributed by atoms with van der Waals surface area (Å²) in [5.41, 5.74) is 0.461. The summed E-state index contributed by atoms with van der Waals surface area (Å²) < 4.78 is 6.07. The zero-order valence-corrected chi connectivity index (χ0v) is 12.3. The lowest BCUT2D eigenvalue weighted by molar-refractivity contribution is 0.00810. The average molecular weight is 266 g/mol. The third kappa shape index (κ3) is 3.71. The lowest BCUT2D eigenvalue weighted by Crippen LogP contribution is -2.59. The number of hydrogen-bond acceptors (Lipinski definition) is 3. The number of nitrogens with zero attached hydrogens (tertiary/aromatic N) is 1. The van der Waals surface area contributed by atoms with Gasteiger partial charge >= 0.3 is 0 Å². The molecule has 1 N–H and O–H groups in total. The molecule has 1 heterocycles.